The lowest BCUT2D eigenvalue weighted by Crippen LogP contribution is -2.32. The average Bonchev–Trinajstić information content (AvgIpc) is 3.09. The van der Waals surface area contributed by atoms with E-state index < -0.39 is 0 Å². The van der Waals surface area contributed by atoms with E-state index >= 15 is 0 Å². The molecule has 33 heavy (non-hydrogen) atoms. The molecule has 0 radical (unpaired) electrons. The summed E-state index contributed by atoms with van der Waals surface area (Å²) in [5, 5.41) is 0. The Labute approximate surface area is 213 Å². The third kappa shape index (κ3) is 5.26. The quantitative estimate of drug-likeness (QED) is 0.328. The number of benzene rings is 2. The molecule has 0 saturated carbocycles. The molecule has 2 aliphatic heterocycles. The maximum absolute atomic E-state index is 6.25. The van der Waals surface area contributed by atoms with Crippen molar-refractivity contribution in [1.82, 2.24) is 0 Å². The molecule has 1 aliphatic carbocycles. The van der Waals surface area contributed by atoms with Gasteiger partial charge in [0.25, 0.3) is 0 Å². The molecule has 2 atom stereocenters. The van der Waals surface area contributed by atoms with Crippen LogP contribution >= 0.6 is 31.9 Å². The van der Waals surface area contributed by atoms with Gasteiger partial charge < -0.3 is 18.9 Å². The van der Waals surface area contributed by atoms with Gasteiger partial charge in [0.05, 0.1) is 13.2 Å². The van der Waals surface area contributed by atoms with Gasteiger partial charge in [-0.25, -0.2) is 0 Å². The summed E-state index contributed by atoms with van der Waals surface area (Å²) in [6.45, 7) is 2.91. The first-order valence-electron chi connectivity index (χ1n) is 12.2. The van der Waals surface area contributed by atoms with E-state index in [1.807, 2.05) is 0 Å². The van der Waals surface area contributed by atoms with Crippen molar-refractivity contribution in [2.75, 3.05) is 26.4 Å². The minimum atomic E-state index is -0.179. The van der Waals surface area contributed by atoms with E-state index in [1.165, 1.54) is 35.1 Å². The van der Waals surface area contributed by atoms with E-state index in [4.69, 9.17) is 18.9 Å². The van der Waals surface area contributed by atoms with Crippen molar-refractivity contribution in [3.05, 3.63) is 56.5 Å². The van der Waals surface area contributed by atoms with Gasteiger partial charge in [0, 0.05) is 27.6 Å². The van der Waals surface area contributed by atoms with Crippen molar-refractivity contribution in [3.8, 4) is 11.1 Å². The summed E-state index contributed by atoms with van der Waals surface area (Å²) in [4.78, 5) is 0. The van der Waals surface area contributed by atoms with Crippen LogP contribution in [0.25, 0.3) is 11.1 Å². The summed E-state index contributed by atoms with van der Waals surface area (Å²) in [7, 11) is 0. The van der Waals surface area contributed by atoms with Crippen molar-refractivity contribution in [1.29, 1.82) is 0 Å². The topological polar surface area (TPSA) is 36.9 Å². The first-order chi connectivity index (χ1) is 16.2. The number of hydrogen-bond acceptors (Lipinski definition) is 4. The fourth-order valence-corrected chi connectivity index (χ4v) is 6.24. The van der Waals surface area contributed by atoms with Gasteiger partial charge >= 0.3 is 0 Å². The van der Waals surface area contributed by atoms with Crippen LogP contribution in [0.4, 0.5) is 0 Å². The van der Waals surface area contributed by atoms with E-state index in [9.17, 15) is 0 Å². The second-order valence-corrected chi connectivity index (χ2v) is 11.1. The highest BCUT2D eigenvalue weighted by atomic mass is 79.9. The Morgan fingerprint density at radius 1 is 0.727 bits per heavy atom. The third-order valence-corrected chi connectivity index (χ3v) is 8.21. The maximum Gasteiger partial charge on any atom is 0.157 e. The number of rotatable bonds is 8. The second kappa shape index (κ2) is 10.9. The van der Waals surface area contributed by atoms with Crippen LogP contribution in [-0.2, 0) is 24.4 Å². The first kappa shape index (κ1) is 24.0. The molecule has 0 amide bonds. The van der Waals surface area contributed by atoms with Gasteiger partial charge in [0.15, 0.2) is 12.6 Å². The van der Waals surface area contributed by atoms with Crippen molar-refractivity contribution in [2.45, 2.75) is 69.4 Å². The van der Waals surface area contributed by atoms with Gasteiger partial charge in [0.2, 0.25) is 0 Å². The van der Waals surface area contributed by atoms with E-state index in [0.717, 1.165) is 60.7 Å². The van der Waals surface area contributed by atoms with Crippen LogP contribution in [0.5, 0.6) is 0 Å². The van der Waals surface area contributed by atoms with Crippen LogP contribution in [-0.4, -0.2) is 39.0 Å². The molecule has 2 unspecified atom stereocenters. The summed E-state index contributed by atoms with van der Waals surface area (Å²) in [6, 6.07) is 13.3. The number of ether oxygens (including phenoxy) is 4. The zero-order valence-corrected chi connectivity index (χ0v) is 22.2. The Bertz CT molecular complexity index is 874. The van der Waals surface area contributed by atoms with Gasteiger partial charge in [-0.1, -0.05) is 44.0 Å². The van der Waals surface area contributed by atoms with Gasteiger partial charge in [-0.15, -0.1) is 0 Å². The molecule has 5 rings (SSSR count). The zero-order valence-electron chi connectivity index (χ0n) is 19.0. The van der Waals surface area contributed by atoms with Crippen LogP contribution in [0.3, 0.4) is 0 Å². The summed E-state index contributed by atoms with van der Waals surface area (Å²) in [6.07, 6.45) is 8.21. The molecule has 4 nitrogen and oxygen atoms in total. The zero-order chi connectivity index (χ0) is 22.7. The second-order valence-electron chi connectivity index (χ2n) is 9.30. The van der Waals surface area contributed by atoms with Gasteiger partial charge in [0.1, 0.15) is 0 Å². The third-order valence-electron chi connectivity index (χ3n) is 7.23. The average molecular weight is 580 g/mol. The van der Waals surface area contributed by atoms with Gasteiger partial charge in [-0.3, -0.25) is 0 Å². The van der Waals surface area contributed by atoms with E-state index in [-0.39, 0.29) is 18.0 Å². The van der Waals surface area contributed by atoms with E-state index in [1.54, 1.807) is 0 Å². The Kier molecular flexibility index (Phi) is 7.90. The molecule has 0 aromatic heterocycles. The fraction of sp³-hybridized carbons (Fsp3) is 0.556. The largest absolute Gasteiger partial charge is 0.353 e. The van der Waals surface area contributed by atoms with Crippen molar-refractivity contribution < 1.29 is 18.9 Å². The molecule has 0 N–H and O–H groups in total. The van der Waals surface area contributed by atoms with E-state index in [2.05, 4.69) is 68.3 Å². The fourth-order valence-electron chi connectivity index (χ4n) is 5.52. The number of halogens is 2. The molecule has 2 aromatic carbocycles. The van der Waals surface area contributed by atoms with Gasteiger partial charge in [-0.2, -0.15) is 0 Å². The standard InChI is InChI=1S/C27H32Br2O4/c28-19-7-9-21-22-10-8-20(29)18-24(22)27(23(21)17-19,11-15-32-25-5-1-3-13-30-25)12-16-33-26-6-2-4-14-31-26/h7-10,17-18,25-26H,1-6,11-16H2. The van der Waals surface area contributed by atoms with Crippen LogP contribution < -0.4 is 0 Å². The monoisotopic (exact) mass is 578 g/mol. The first-order valence-corrected chi connectivity index (χ1v) is 13.8. The molecule has 3 aliphatic rings. The summed E-state index contributed by atoms with van der Waals surface area (Å²) in [5.74, 6) is 0. The highest BCUT2D eigenvalue weighted by molar-refractivity contribution is 9.10. The highest BCUT2D eigenvalue weighted by Crippen LogP contribution is 2.54. The highest BCUT2D eigenvalue weighted by Gasteiger charge is 2.43. The molecule has 2 fully saturated rings. The van der Waals surface area contributed by atoms with Crippen LogP contribution in [0.2, 0.25) is 0 Å². The maximum atomic E-state index is 6.25. The predicted molar refractivity (Wildman–Crippen MR) is 136 cm³/mol. The Balaban J connectivity index is 1.43. The summed E-state index contributed by atoms with van der Waals surface area (Å²) >= 11 is 7.45. The van der Waals surface area contributed by atoms with Crippen LogP contribution in [0.1, 0.15) is 62.5 Å². The van der Waals surface area contributed by atoms with Crippen molar-refractivity contribution >= 4 is 31.9 Å². The molecule has 0 bridgehead atoms. The summed E-state index contributed by atoms with van der Waals surface area (Å²) < 4.78 is 26.4. The lowest BCUT2D eigenvalue weighted by atomic mass is 9.73. The normalized spacial score (nSPS) is 23.8. The smallest absolute Gasteiger partial charge is 0.157 e. The molecule has 178 valence electrons. The number of fused-ring (bicyclic) bond motifs is 3. The molecule has 0 spiro atoms. The molecular formula is C27H32Br2O4. The summed E-state index contributed by atoms with van der Waals surface area (Å²) in [5.41, 5.74) is 5.14. The lowest BCUT2D eigenvalue weighted by molar-refractivity contribution is -0.168. The van der Waals surface area contributed by atoms with Crippen LogP contribution in [0, 0.1) is 0 Å². The molecule has 2 saturated heterocycles. The Morgan fingerprint density at radius 2 is 1.21 bits per heavy atom. The van der Waals surface area contributed by atoms with Crippen LogP contribution in [0.15, 0.2) is 45.3 Å². The molecular weight excluding hydrogens is 548 g/mol. The molecule has 2 aromatic rings. The molecule has 6 heteroatoms. The minimum absolute atomic E-state index is 0.0759. The Hall–Kier alpha value is -0.760. The van der Waals surface area contributed by atoms with Crippen molar-refractivity contribution in [2.24, 2.45) is 0 Å². The number of hydrogen-bond donors (Lipinski definition) is 0. The molecule has 2 heterocycles. The minimum Gasteiger partial charge on any atom is -0.353 e. The van der Waals surface area contributed by atoms with Crippen molar-refractivity contribution in [3.63, 3.8) is 0 Å². The van der Waals surface area contributed by atoms with E-state index in [0.29, 0.717) is 13.2 Å². The Morgan fingerprint density at radius 3 is 1.64 bits per heavy atom. The SMILES string of the molecule is Brc1ccc2c(c1)C(CCOC1CCCCO1)(CCOC1CCCCO1)c1cc(Br)ccc1-2. The predicted octanol–water partition coefficient (Wildman–Crippen LogP) is 7.34. The van der Waals surface area contributed by atoms with Gasteiger partial charge in [-0.05, 0) is 97.9 Å². The lowest BCUT2D eigenvalue weighted by Gasteiger charge is -2.34.